The monoisotopic (exact) mass is 407 g/mol. The van der Waals surface area contributed by atoms with Crippen molar-refractivity contribution in [3.8, 4) is 17.1 Å². The van der Waals surface area contributed by atoms with Crippen LogP contribution < -0.4 is 10.5 Å². The Morgan fingerprint density at radius 3 is 2.54 bits per heavy atom. The zero-order chi connectivity index (χ0) is 19.5. The first-order valence-corrected chi connectivity index (χ1v) is 11.9. The Kier molecular flexibility index (Phi) is 5.38. The predicted octanol–water partition coefficient (Wildman–Crippen LogP) is 6.31. The molecule has 1 aromatic heterocycles. The molecule has 2 N–H and O–H groups in total. The number of rotatable bonds is 5. The number of phenolic OH excluding ortho intramolecular Hbond substituents is 1. The Bertz CT molecular complexity index is 1180. The minimum Gasteiger partial charge on any atom is -0.508 e. The van der Waals surface area contributed by atoms with E-state index in [2.05, 4.69) is 23.9 Å². The lowest BCUT2D eigenvalue weighted by atomic mass is 10.1. The lowest BCUT2D eigenvalue weighted by Gasteiger charge is -2.17. The Morgan fingerprint density at radius 1 is 0.964 bits per heavy atom. The van der Waals surface area contributed by atoms with Crippen LogP contribution in [0.1, 0.15) is 0 Å². The summed E-state index contributed by atoms with van der Waals surface area (Å²) in [5.74, 6) is 0.544. The smallest absolute Gasteiger partial charge is 0.193 e. The number of anilines is 1. The molecule has 4 aromatic rings. The second kappa shape index (κ2) is 8.09. The van der Waals surface area contributed by atoms with Crippen molar-refractivity contribution < 1.29 is 9.52 Å². The quantitative estimate of drug-likeness (QED) is 0.300. The Hall–Kier alpha value is -2.75. The van der Waals surface area contributed by atoms with E-state index < -0.39 is 7.27 Å². The molecule has 4 nitrogen and oxygen atoms in total. The molecule has 1 heterocycles. The largest absolute Gasteiger partial charge is 0.508 e. The first-order valence-electron chi connectivity index (χ1n) is 8.70. The fraction of sp³-hybridized carbons (Fsp3) is 0.0455. The average Bonchev–Trinajstić information content (AvgIpc) is 2.70. The number of phenols is 1. The van der Waals surface area contributed by atoms with E-state index in [-0.39, 0.29) is 11.2 Å². The number of hydrogen-bond acceptors (Lipinski definition) is 5. The predicted molar refractivity (Wildman–Crippen MR) is 118 cm³/mol. The van der Waals surface area contributed by atoms with E-state index in [4.69, 9.17) is 4.42 Å². The highest BCUT2D eigenvalue weighted by molar-refractivity contribution is 8.56. The molecule has 3 aromatic carbocycles. The van der Waals surface area contributed by atoms with Gasteiger partial charge in [-0.2, -0.15) is 0 Å². The van der Waals surface area contributed by atoms with Crippen molar-refractivity contribution >= 4 is 35.3 Å². The van der Waals surface area contributed by atoms with Crippen molar-refractivity contribution in [2.75, 3.05) is 11.8 Å². The Balaban J connectivity index is 1.70. The molecule has 4 rings (SSSR count). The fourth-order valence-electron chi connectivity index (χ4n) is 2.90. The lowest BCUT2D eigenvalue weighted by molar-refractivity contribution is 0.475. The van der Waals surface area contributed by atoms with Gasteiger partial charge in [0.15, 0.2) is 5.43 Å². The SMILES string of the molecule is CP(Nc1ccc(O)cc1-c1cc(=O)c2ccccc2o1)Sc1ccccc1. The molecule has 1 unspecified atom stereocenters. The van der Waals surface area contributed by atoms with Gasteiger partial charge in [-0.05, 0) is 49.1 Å². The summed E-state index contributed by atoms with van der Waals surface area (Å²) >= 11 is 1.75. The first kappa shape index (κ1) is 18.6. The second-order valence-electron chi connectivity index (χ2n) is 6.21. The number of fused-ring (bicyclic) bond motifs is 1. The van der Waals surface area contributed by atoms with E-state index in [1.807, 2.05) is 36.4 Å². The summed E-state index contributed by atoms with van der Waals surface area (Å²) in [6.07, 6.45) is 0. The number of para-hydroxylation sites is 1. The molecule has 0 radical (unpaired) electrons. The van der Waals surface area contributed by atoms with E-state index in [1.54, 1.807) is 35.6 Å². The second-order valence-corrected chi connectivity index (χ2v) is 10.3. The minimum absolute atomic E-state index is 0.108. The molecule has 0 amide bonds. The van der Waals surface area contributed by atoms with Crippen LogP contribution in [-0.2, 0) is 0 Å². The van der Waals surface area contributed by atoms with Gasteiger partial charge in [0.05, 0.1) is 12.7 Å². The van der Waals surface area contributed by atoms with Gasteiger partial charge in [0, 0.05) is 22.2 Å². The van der Waals surface area contributed by atoms with Crippen molar-refractivity contribution in [2.24, 2.45) is 0 Å². The van der Waals surface area contributed by atoms with Gasteiger partial charge in [0.25, 0.3) is 0 Å². The topological polar surface area (TPSA) is 62.5 Å². The molecule has 28 heavy (non-hydrogen) atoms. The van der Waals surface area contributed by atoms with Gasteiger partial charge in [-0.1, -0.05) is 41.7 Å². The van der Waals surface area contributed by atoms with Crippen LogP contribution >= 0.6 is 18.7 Å². The van der Waals surface area contributed by atoms with Gasteiger partial charge in [-0.25, -0.2) is 0 Å². The van der Waals surface area contributed by atoms with Crippen molar-refractivity contribution in [1.29, 1.82) is 0 Å². The van der Waals surface area contributed by atoms with Gasteiger partial charge in [-0.15, -0.1) is 0 Å². The maximum atomic E-state index is 12.5. The van der Waals surface area contributed by atoms with Crippen LogP contribution in [-0.4, -0.2) is 11.8 Å². The highest BCUT2D eigenvalue weighted by Crippen LogP contribution is 2.51. The third kappa shape index (κ3) is 4.06. The van der Waals surface area contributed by atoms with E-state index in [0.29, 0.717) is 22.3 Å². The van der Waals surface area contributed by atoms with Gasteiger partial charge in [-0.3, -0.25) is 4.79 Å². The number of hydrogen-bond donors (Lipinski definition) is 2. The van der Waals surface area contributed by atoms with Crippen LogP contribution in [0.15, 0.2) is 93.0 Å². The number of aromatic hydroxyl groups is 1. The summed E-state index contributed by atoms with van der Waals surface area (Å²) in [4.78, 5) is 13.7. The molecule has 0 saturated carbocycles. The van der Waals surface area contributed by atoms with E-state index in [1.165, 1.54) is 11.0 Å². The zero-order valence-electron chi connectivity index (χ0n) is 15.1. The molecule has 0 aliphatic heterocycles. The Labute approximate surface area is 167 Å². The molecule has 6 heteroatoms. The van der Waals surface area contributed by atoms with E-state index in [9.17, 15) is 9.90 Å². The maximum Gasteiger partial charge on any atom is 0.193 e. The zero-order valence-corrected chi connectivity index (χ0v) is 16.8. The highest BCUT2D eigenvalue weighted by atomic mass is 32.7. The molecular formula is C22H18NO3PS. The molecule has 0 spiro atoms. The fourth-order valence-corrected chi connectivity index (χ4v) is 5.82. The molecule has 0 aliphatic rings. The summed E-state index contributed by atoms with van der Waals surface area (Å²) < 4.78 is 5.97. The van der Waals surface area contributed by atoms with E-state index in [0.717, 1.165) is 5.69 Å². The van der Waals surface area contributed by atoms with Crippen molar-refractivity contribution in [3.05, 3.63) is 89.1 Å². The summed E-state index contributed by atoms with van der Waals surface area (Å²) in [6.45, 7) is 2.13. The van der Waals surface area contributed by atoms with Gasteiger partial charge in [0.2, 0.25) is 0 Å². The van der Waals surface area contributed by atoms with Crippen LogP contribution in [0.4, 0.5) is 5.69 Å². The molecule has 0 bridgehead atoms. The lowest BCUT2D eigenvalue weighted by Crippen LogP contribution is -2.01. The van der Waals surface area contributed by atoms with Crippen molar-refractivity contribution in [3.63, 3.8) is 0 Å². The Morgan fingerprint density at radius 2 is 1.71 bits per heavy atom. The number of benzene rings is 3. The summed E-state index contributed by atoms with van der Waals surface area (Å²) in [5, 5.41) is 14.1. The van der Waals surface area contributed by atoms with Gasteiger partial charge >= 0.3 is 0 Å². The van der Waals surface area contributed by atoms with Crippen LogP contribution in [0.3, 0.4) is 0 Å². The third-order valence-electron chi connectivity index (χ3n) is 4.17. The molecule has 0 saturated heterocycles. The molecule has 0 aliphatic carbocycles. The molecule has 140 valence electrons. The highest BCUT2D eigenvalue weighted by Gasteiger charge is 2.14. The third-order valence-corrected chi connectivity index (χ3v) is 7.21. The van der Waals surface area contributed by atoms with Crippen LogP contribution in [0.25, 0.3) is 22.3 Å². The number of nitrogens with one attached hydrogen (secondary N) is 1. The molecule has 1 atom stereocenters. The molecular weight excluding hydrogens is 389 g/mol. The van der Waals surface area contributed by atoms with Gasteiger partial charge in [0.1, 0.15) is 17.1 Å². The summed E-state index contributed by atoms with van der Waals surface area (Å²) in [6, 6.07) is 23.9. The maximum absolute atomic E-state index is 12.5. The van der Waals surface area contributed by atoms with E-state index >= 15 is 0 Å². The summed E-state index contributed by atoms with van der Waals surface area (Å²) in [7, 11) is -0.626. The molecule has 0 fully saturated rings. The van der Waals surface area contributed by atoms with Crippen LogP contribution in [0.5, 0.6) is 5.75 Å². The van der Waals surface area contributed by atoms with Gasteiger partial charge < -0.3 is 14.6 Å². The average molecular weight is 407 g/mol. The standard InChI is InChI=1S/C22H18NO3PS/c1-27(28-16-7-3-2-4-8-16)23-19-12-11-15(24)13-18(19)22-14-20(25)17-9-5-6-10-21(17)26-22/h2-14,23-24H,1H3. The summed E-state index contributed by atoms with van der Waals surface area (Å²) in [5.41, 5.74) is 1.89. The normalized spacial score (nSPS) is 12.0. The van der Waals surface area contributed by atoms with Crippen molar-refractivity contribution in [2.45, 2.75) is 4.90 Å². The van der Waals surface area contributed by atoms with Crippen LogP contribution in [0.2, 0.25) is 0 Å². The first-order chi connectivity index (χ1) is 13.6. The van der Waals surface area contributed by atoms with Crippen LogP contribution in [0, 0.1) is 0 Å². The van der Waals surface area contributed by atoms with Crippen molar-refractivity contribution in [1.82, 2.24) is 0 Å². The minimum atomic E-state index is -0.626.